The first-order valence-corrected chi connectivity index (χ1v) is 7.43. The molecule has 0 bridgehead atoms. The highest BCUT2D eigenvalue weighted by Gasteiger charge is 2.13. The largest absolute Gasteiger partial charge is 0.459 e. The standard InChI is InChI=1S/C19H17NO3/c1-14-17(20-19(23-14)16-10-6-3-7-11-16)13-22-18(21)12-15-8-4-2-5-9-15/h2-11H,12-13H2,1H3. The second kappa shape index (κ2) is 6.92. The molecule has 0 saturated carbocycles. The Morgan fingerprint density at radius 3 is 2.39 bits per heavy atom. The number of ether oxygens (including phenoxy) is 1. The highest BCUT2D eigenvalue weighted by Crippen LogP contribution is 2.21. The molecule has 0 aliphatic rings. The van der Waals surface area contributed by atoms with Gasteiger partial charge >= 0.3 is 5.97 Å². The Bertz CT molecular complexity index is 779. The third-order valence-corrected chi connectivity index (χ3v) is 3.47. The van der Waals surface area contributed by atoms with Crippen LogP contribution >= 0.6 is 0 Å². The van der Waals surface area contributed by atoms with Crippen LogP contribution in [0.3, 0.4) is 0 Å². The second-order valence-electron chi connectivity index (χ2n) is 5.21. The Morgan fingerprint density at radius 2 is 1.70 bits per heavy atom. The number of oxazole rings is 1. The fourth-order valence-corrected chi connectivity index (χ4v) is 2.23. The van der Waals surface area contributed by atoms with Crippen molar-refractivity contribution in [2.45, 2.75) is 20.0 Å². The zero-order chi connectivity index (χ0) is 16.1. The lowest BCUT2D eigenvalue weighted by Gasteiger charge is -2.03. The molecule has 0 aliphatic heterocycles. The van der Waals surface area contributed by atoms with Crippen LogP contribution in [0.15, 0.2) is 65.1 Å². The normalized spacial score (nSPS) is 10.5. The number of esters is 1. The molecule has 116 valence electrons. The number of hydrogen-bond donors (Lipinski definition) is 0. The van der Waals surface area contributed by atoms with Gasteiger partial charge in [-0.2, -0.15) is 0 Å². The van der Waals surface area contributed by atoms with Gasteiger partial charge in [0.2, 0.25) is 5.89 Å². The van der Waals surface area contributed by atoms with E-state index in [2.05, 4.69) is 4.98 Å². The fraction of sp³-hybridized carbons (Fsp3) is 0.158. The molecule has 0 saturated heterocycles. The lowest BCUT2D eigenvalue weighted by Crippen LogP contribution is -2.08. The van der Waals surface area contributed by atoms with Crippen LogP contribution < -0.4 is 0 Å². The van der Waals surface area contributed by atoms with Gasteiger partial charge in [0.25, 0.3) is 0 Å². The lowest BCUT2D eigenvalue weighted by molar-refractivity contribution is -0.144. The predicted octanol–water partition coefficient (Wildman–Crippen LogP) is 3.94. The van der Waals surface area contributed by atoms with E-state index in [-0.39, 0.29) is 19.0 Å². The Hall–Kier alpha value is -2.88. The van der Waals surface area contributed by atoms with Gasteiger partial charge in [0.05, 0.1) is 6.42 Å². The molecule has 0 radical (unpaired) electrons. The first-order valence-electron chi connectivity index (χ1n) is 7.43. The molecular formula is C19H17NO3. The van der Waals surface area contributed by atoms with Crippen molar-refractivity contribution in [1.29, 1.82) is 0 Å². The summed E-state index contributed by atoms with van der Waals surface area (Å²) in [6.07, 6.45) is 0.253. The first kappa shape index (κ1) is 15.0. The van der Waals surface area contributed by atoms with E-state index in [1.165, 1.54) is 0 Å². The van der Waals surface area contributed by atoms with Gasteiger partial charge in [-0.25, -0.2) is 4.98 Å². The zero-order valence-electron chi connectivity index (χ0n) is 12.9. The molecule has 3 rings (SSSR count). The Kier molecular flexibility index (Phi) is 4.52. The van der Waals surface area contributed by atoms with Crippen LogP contribution in [0.5, 0.6) is 0 Å². The Balaban J connectivity index is 1.62. The van der Waals surface area contributed by atoms with E-state index in [4.69, 9.17) is 9.15 Å². The Morgan fingerprint density at radius 1 is 1.04 bits per heavy atom. The summed E-state index contributed by atoms with van der Waals surface area (Å²) in [5.41, 5.74) is 2.47. The maximum absolute atomic E-state index is 11.9. The van der Waals surface area contributed by atoms with Crippen molar-refractivity contribution < 1.29 is 13.9 Å². The van der Waals surface area contributed by atoms with Crippen molar-refractivity contribution in [3.8, 4) is 11.5 Å². The molecule has 4 heteroatoms. The van der Waals surface area contributed by atoms with Crippen molar-refractivity contribution in [2.75, 3.05) is 0 Å². The summed E-state index contributed by atoms with van der Waals surface area (Å²) in [6, 6.07) is 19.2. The average molecular weight is 307 g/mol. The highest BCUT2D eigenvalue weighted by atomic mass is 16.5. The maximum atomic E-state index is 11.9. The van der Waals surface area contributed by atoms with Gasteiger partial charge < -0.3 is 9.15 Å². The number of carbonyl (C=O) groups excluding carboxylic acids is 1. The summed E-state index contributed by atoms with van der Waals surface area (Å²) in [5, 5.41) is 0. The zero-order valence-corrected chi connectivity index (χ0v) is 12.9. The monoisotopic (exact) mass is 307 g/mol. The van der Waals surface area contributed by atoms with Crippen LogP contribution in [0.1, 0.15) is 17.0 Å². The molecule has 0 spiro atoms. The summed E-state index contributed by atoms with van der Waals surface area (Å²) in [4.78, 5) is 16.3. The van der Waals surface area contributed by atoms with Gasteiger partial charge in [-0.3, -0.25) is 4.79 Å². The summed E-state index contributed by atoms with van der Waals surface area (Å²) < 4.78 is 10.9. The van der Waals surface area contributed by atoms with Crippen molar-refractivity contribution in [3.05, 3.63) is 77.7 Å². The van der Waals surface area contributed by atoms with Crippen LogP contribution in [0.2, 0.25) is 0 Å². The SMILES string of the molecule is Cc1oc(-c2ccccc2)nc1COC(=O)Cc1ccccc1. The van der Waals surface area contributed by atoms with Crippen LogP contribution in [0.4, 0.5) is 0 Å². The number of carbonyl (C=O) groups is 1. The predicted molar refractivity (Wildman–Crippen MR) is 86.6 cm³/mol. The molecule has 1 aromatic heterocycles. The molecule has 0 aliphatic carbocycles. The number of nitrogens with zero attached hydrogens (tertiary/aromatic N) is 1. The molecular weight excluding hydrogens is 290 g/mol. The van der Waals surface area contributed by atoms with Crippen molar-refractivity contribution >= 4 is 5.97 Å². The molecule has 23 heavy (non-hydrogen) atoms. The van der Waals surface area contributed by atoms with E-state index in [1.807, 2.05) is 67.6 Å². The lowest BCUT2D eigenvalue weighted by atomic mass is 10.2. The van der Waals surface area contributed by atoms with E-state index >= 15 is 0 Å². The molecule has 0 N–H and O–H groups in total. The van der Waals surface area contributed by atoms with E-state index in [0.29, 0.717) is 17.3 Å². The number of rotatable bonds is 5. The number of hydrogen-bond acceptors (Lipinski definition) is 4. The minimum Gasteiger partial charge on any atom is -0.459 e. The van der Waals surface area contributed by atoms with E-state index in [1.54, 1.807) is 0 Å². The molecule has 0 atom stereocenters. The van der Waals surface area contributed by atoms with Crippen LogP contribution in [-0.4, -0.2) is 11.0 Å². The van der Waals surface area contributed by atoms with Gasteiger partial charge in [-0.1, -0.05) is 48.5 Å². The minimum atomic E-state index is -0.278. The van der Waals surface area contributed by atoms with Crippen LogP contribution in [0, 0.1) is 6.92 Å². The van der Waals surface area contributed by atoms with Gasteiger partial charge in [0, 0.05) is 5.56 Å². The van der Waals surface area contributed by atoms with Gasteiger partial charge in [0.1, 0.15) is 18.1 Å². The number of aryl methyl sites for hydroxylation is 1. The smallest absolute Gasteiger partial charge is 0.310 e. The number of aromatic nitrogens is 1. The molecule has 4 nitrogen and oxygen atoms in total. The molecule has 2 aromatic carbocycles. The Labute approximate surface area is 134 Å². The molecule has 1 heterocycles. The van der Waals surface area contributed by atoms with Gasteiger partial charge in [0.15, 0.2) is 0 Å². The molecule has 0 unspecified atom stereocenters. The minimum absolute atomic E-state index is 0.119. The van der Waals surface area contributed by atoms with Gasteiger partial charge in [-0.15, -0.1) is 0 Å². The summed E-state index contributed by atoms with van der Waals surface area (Å²) >= 11 is 0. The highest BCUT2D eigenvalue weighted by molar-refractivity contribution is 5.72. The maximum Gasteiger partial charge on any atom is 0.310 e. The van der Waals surface area contributed by atoms with E-state index in [9.17, 15) is 4.79 Å². The summed E-state index contributed by atoms with van der Waals surface area (Å²) in [7, 11) is 0. The second-order valence-corrected chi connectivity index (χ2v) is 5.21. The molecule has 0 fully saturated rings. The summed E-state index contributed by atoms with van der Waals surface area (Å²) in [5.74, 6) is 0.924. The van der Waals surface area contributed by atoms with E-state index < -0.39 is 0 Å². The fourth-order valence-electron chi connectivity index (χ4n) is 2.23. The molecule has 3 aromatic rings. The summed E-state index contributed by atoms with van der Waals surface area (Å²) in [6.45, 7) is 1.94. The van der Waals surface area contributed by atoms with E-state index in [0.717, 1.165) is 11.1 Å². The topological polar surface area (TPSA) is 52.3 Å². The number of benzene rings is 2. The third kappa shape index (κ3) is 3.86. The van der Waals surface area contributed by atoms with Crippen LogP contribution in [0.25, 0.3) is 11.5 Å². The van der Waals surface area contributed by atoms with Gasteiger partial charge in [-0.05, 0) is 24.6 Å². The third-order valence-electron chi connectivity index (χ3n) is 3.47. The average Bonchev–Trinajstić information content (AvgIpc) is 2.96. The molecule has 0 amide bonds. The van der Waals surface area contributed by atoms with Crippen molar-refractivity contribution in [3.63, 3.8) is 0 Å². The van der Waals surface area contributed by atoms with Crippen molar-refractivity contribution in [2.24, 2.45) is 0 Å². The van der Waals surface area contributed by atoms with Crippen molar-refractivity contribution in [1.82, 2.24) is 4.98 Å². The first-order chi connectivity index (χ1) is 11.2. The van der Waals surface area contributed by atoms with Crippen LogP contribution in [-0.2, 0) is 22.6 Å². The quantitative estimate of drug-likeness (QED) is 0.670.